The Balaban J connectivity index is 1.55. The van der Waals surface area contributed by atoms with Crippen LogP contribution >= 0.6 is 11.6 Å². The van der Waals surface area contributed by atoms with E-state index in [9.17, 15) is 28.0 Å². The first kappa shape index (κ1) is 26.0. The molecule has 0 aromatic heterocycles. The number of benzene rings is 2. The molecule has 1 unspecified atom stereocenters. The lowest BCUT2D eigenvalue weighted by molar-refractivity contribution is -0.147. The molecule has 4 rings (SSSR count). The molecule has 2 aliphatic rings. The Morgan fingerprint density at radius 3 is 2.47 bits per heavy atom. The molecule has 0 bridgehead atoms. The third-order valence-electron chi connectivity index (χ3n) is 6.11. The summed E-state index contributed by atoms with van der Waals surface area (Å²) >= 11 is 5.78. The van der Waals surface area contributed by atoms with Gasteiger partial charge in [-0.15, -0.1) is 0 Å². The van der Waals surface area contributed by atoms with Gasteiger partial charge in [0.15, 0.2) is 0 Å². The molecule has 2 heterocycles. The molecule has 0 saturated carbocycles. The Morgan fingerprint density at radius 1 is 1.11 bits per heavy atom. The predicted octanol–water partition coefficient (Wildman–Crippen LogP) is -0.956. The number of rotatable bonds is 5. The second-order valence-corrected chi connectivity index (χ2v) is 9.04. The van der Waals surface area contributed by atoms with Crippen LogP contribution in [0.3, 0.4) is 0 Å². The van der Waals surface area contributed by atoms with Crippen LogP contribution in [0.2, 0.25) is 5.02 Å². The minimum absolute atomic E-state index is 0.00491. The smallest absolute Gasteiger partial charge is 0.349 e. The number of carbonyl (C=O) groups is 4. The zero-order valence-electron chi connectivity index (χ0n) is 18.6. The number of piperidine rings is 1. The fourth-order valence-corrected chi connectivity index (χ4v) is 4.34. The Hall–Kier alpha value is -3.07. The minimum atomic E-state index is -4.16. The summed E-state index contributed by atoms with van der Waals surface area (Å²) in [6.07, 6.45) is 0.249. The van der Waals surface area contributed by atoms with Crippen LogP contribution in [0.1, 0.15) is 39.9 Å². The van der Waals surface area contributed by atoms with E-state index >= 15 is 0 Å². The Labute approximate surface area is 215 Å². The second kappa shape index (κ2) is 9.10. The highest BCUT2D eigenvalue weighted by atomic mass is 35.5. The van der Waals surface area contributed by atoms with Gasteiger partial charge in [-0.25, -0.2) is 0 Å². The van der Waals surface area contributed by atoms with Crippen molar-refractivity contribution < 1.29 is 28.0 Å². The van der Waals surface area contributed by atoms with E-state index in [1.165, 1.54) is 23.1 Å². The number of alkyl halides is 2. The molecule has 2 aromatic carbocycles. The van der Waals surface area contributed by atoms with Gasteiger partial charge in [0, 0.05) is 29.1 Å². The molecule has 174 valence electrons. The fraction of sp³-hybridized carbons (Fsp3) is 0.273. The fourth-order valence-electron chi connectivity index (χ4n) is 4.17. The van der Waals surface area contributed by atoms with E-state index in [0.717, 1.165) is 12.1 Å². The van der Waals surface area contributed by atoms with Crippen molar-refractivity contribution >= 4 is 77.5 Å². The Kier molecular flexibility index (Phi) is 6.58. The number of halogens is 3. The predicted molar refractivity (Wildman–Crippen MR) is 130 cm³/mol. The van der Waals surface area contributed by atoms with Crippen LogP contribution in [-0.2, 0) is 32.2 Å². The van der Waals surface area contributed by atoms with Crippen LogP contribution in [0.25, 0.3) is 0 Å². The summed E-state index contributed by atoms with van der Waals surface area (Å²) < 4.78 is 29.9. The van der Waals surface area contributed by atoms with Crippen LogP contribution in [0.5, 0.6) is 0 Å². The number of nitrogens with one attached hydrogen (secondary N) is 2. The van der Waals surface area contributed by atoms with Crippen molar-refractivity contribution in [3.05, 3.63) is 57.6 Å². The number of carbonyl (C=O) groups excluding carboxylic acids is 4. The Morgan fingerprint density at radius 2 is 1.81 bits per heavy atom. The molecule has 36 heavy (non-hydrogen) atoms. The number of imide groups is 1. The van der Waals surface area contributed by atoms with E-state index in [1.807, 2.05) is 5.32 Å². The van der Waals surface area contributed by atoms with Crippen molar-refractivity contribution in [1.29, 1.82) is 0 Å². The lowest BCUT2D eigenvalue weighted by Crippen LogP contribution is -2.53. The molecule has 7 nitrogen and oxygen atoms in total. The van der Waals surface area contributed by atoms with Crippen molar-refractivity contribution in [3.8, 4) is 0 Å². The number of nitrogens with zero attached hydrogens (tertiary/aromatic N) is 1. The third kappa shape index (κ3) is 4.56. The lowest BCUT2D eigenvalue weighted by Gasteiger charge is -2.31. The van der Waals surface area contributed by atoms with E-state index in [2.05, 4.69) is 5.32 Å². The first-order valence-corrected chi connectivity index (χ1v) is 11.0. The van der Waals surface area contributed by atoms with Crippen LogP contribution in [-0.4, -0.2) is 66.0 Å². The average Bonchev–Trinajstić information content (AvgIpc) is 3.11. The molecule has 8 radical (unpaired) electrons. The molecular weight excluding hydrogens is 487 g/mol. The molecule has 1 saturated heterocycles. The first-order valence-electron chi connectivity index (χ1n) is 10.6. The number of hydrogen-bond donors (Lipinski definition) is 2. The summed E-state index contributed by atoms with van der Waals surface area (Å²) in [5.41, 5.74) is -0.856. The standard InChI is InChI=1S/C22H14B4ClF2N3O4/c23-13-7-15(27)14(24)6-12(13)21(28,29)20(36)31-22(25,26)10-1-2-11-9(5-10)8-32(19(11)35)16-3-4-17(33)30-18(16)34/h1-2,5-7,16H,3-4,8H2,(H,31,36)(H,30,33,34). The first-order chi connectivity index (χ1) is 16.7. The van der Waals surface area contributed by atoms with Crippen LogP contribution < -0.4 is 21.6 Å². The summed E-state index contributed by atoms with van der Waals surface area (Å²) in [5.74, 6) is -7.47. The number of hydrogen-bond acceptors (Lipinski definition) is 4. The average molecular weight is 501 g/mol. The quantitative estimate of drug-likeness (QED) is 0.408. The molecule has 1 fully saturated rings. The molecule has 0 spiro atoms. The number of fused-ring (bicyclic) bond motifs is 1. The molecule has 2 aromatic rings. The maximum absolute atomic E-state index is 14.9. The maximum atomic E-state index is 14.9. The summed E-state index contributed by atoms with van der Waals surface area (Å²) in [6.45, 7) is -0.00491. The molecule has 14 heteroatoms. The third-order valence-corrected chi connectivity index (χ3v) is 6.44. The Bertz CT molecular complexity index is 1320. The van der Waals surface area contributed by atoms with E-state index < -0.39 is 52.0 Å². The topological polar surface area (TPSA) is 95.6 Å². The van der Waals surface area contributed by atoms with E-state index in [0.29, 0.717) is 5.56 Å². The van der Waals surface area contributed by atoms with E-state index in [4.69, 9.17) is 43.0 Å². The minimum Gasteiger partial charge on any atom is -0.358 e. The monoisotopic (exact) mass is 501 g/mol. The van der Waals surface area contributed by atoms with Gasteiger partial charge < -0.3 is 10.2 Å². The van der Waals surface area contributed by atoms with Crippen LogP contribution in [0.15, 0.2) is 30.3 Å². The van der Waals surface area contributed by atoms with E-state index in [1.54, 1.807) is 0 Å². The SMILES string of the molecule is [B]c1cc(C(F)(F)C(=O)NC([B])([B])c2ccc3c(c2)CN(C2CCC(=O)NC2=O)C3=O)c([B])cc1Cl. The van der Waals surface area contributed by atoms with Crippen LogP contribution in [0.4, 0.5) is 8.78 Å². The number of amides is 4. The molecular formula is C22H14B4ClF2N3O4. The zero-order chi connectivity index (χ0) is 26.6. The van der Waals surface area contributed by atoms with Crippen molar-refractivity contribution in [2.75, 3.05) is 0 Å². The van der Waals surface area contributed by atoms with E-state index in [-0.39, 0.29) is 41.0 Å². The molecule has 2 aliphatic heterocycles. The summed E-state index contributed by atoms with van der Waals surface area (Å²) in [5, 5.41) is 1.77. The maximum Gasteiger partial charge on any atom is 0.349 e. The van der Waals surface area contributed by atoms with Crippen molar-refractivity contribution in [2.45, 2.75) is 36.7 Å². The van der Waals surface area contributed by atoms with Gasteiger partial charge in [-0.3, -0.25) is 24.5 Å². The highest BCUT2D eigenvalue weighted by Gasteiger charge is 2.44. The summed E-state index contributed by atoms with van der Waals surface area (Å²) in [6, 6.07) is 5.00. The van der Waals surface area contributed by atoms with Gasteiger partial charge in [-0.05, 0) is 29.0 Å². The molecule has 1 atom stereocenters. The summed E-state index contributed by atoms with van der Waals surface area (Å²) in [7, 11) is 23.2. The van der Waals surface area contributed by atoms with Gasteiger partial charge in [0.1, 0.15) is 21.7 Å². The van der Waals surface area contributed by atoms with Crippen molar-refractivity contribution in [3.63, 3.8) is 0 Å². The lowest BCUT2D eigenvalue weighted by atomic mass is 9.57. The highest BCUT2D eigenvalue weighted by Crippen LogP contribution is 2.32. The molecule has 0 aliphatic carbocycles. The van der Waals surface area contributed by atoms with Gasteiger partial charge in [0.25, 0.3) is 11.8 Å². The van der Waals surface area contributed by atoms with Gasteiger partial charge in [-0.1, -0.05) is 46.8 Å². The zero-order valence-corrected chi connectivity index (χ0v) is 19.4. The summed E-state index contributed by atoms with van der Waals surface area (Å²) in [4.78, 5) is 50.3. The largest absolute Gasteiger partial charge is 0.358 e. The van der Waals surface area contributed by atoms with Crippen molar-refractivity contribution in [1.82, 2.24) is 15.5 Å². The van der Waals surface area contributed by atoms with Gasteiger partial charge in [0.05, 0.1) is 15.7 Å². The normalized spacial score (nSPS) is 18.1. The highest BCUT2D eigenvalue weighted by molar-refractivity contribution is 6.47. The van der Waals surface area contributed by atoms with Gasteiger partial charge in [-0.2, -0.15) is 8.78 Å². The van der Waals surface area contributed by atoms with Gasteiger partial charge >= 0.3 is 5.92 Å². The van der Waals surface area contributed by atoms with Crippen molar-refractivity contribution in [2.24, 2.45) is 0 Å². The molecule has 2 N–H and O–H groups in total. The van der Waals surface area contributed by atoms with Gasteiger partial charge in [0.2, 0.25) is 11.8 Å². The van der Waals surface area contributed by atoms with Crippen LogP contribution in [0, 0.1) is 0 Å². The molecule has 4 amide bonds. The second-order valence-electron chi connectivity index (χ2n) is 8.63.